The van der Waals surface area contributed by atoms with Gasteiger partial charge in [0.15, 0.2) is 11.5 Å². The number of rotatable bonds is 5. The first-order valence-corrected chi connectivity index (χ1v) is 8.01. The maximum Gasteiger partial charge on any atom is 0.315 e. The summed E-state index contributed by atoms with van der Waals surface area (Å²) in [5.41, 5.74) is 0.859. The molecule has 1 aliphatic rings. The van der Waals surface area contributed by atoms with Gasteiger partial charge < -0.3 is 20.1 Å². The molecule has 2 N–H and O–H groups in total. The molecule has 2 amide bonds. The van der Waals surface area contributed by atoms with Crippen molar-refractivity contribution in [2.75, 3.05) is 14.2 Å². The van der Waals surface area contributed by atoms with Gasteiger partial charge in [-0.3, -0.25) is 0 Å². The third-order valence-electron chi connectivity index (χ3n) is 4.31. The van der Waals surface area contributed by atoms with E-state index in [1.807, 2.05) is 13.0 Å². The maximum atomic E-state index is 13.1. The lowest BCUT2D eigenvalue weighted by atomic mass is 9.92. The summed E-state index contributed by atoms with van der Waals surface area (Å²) >= 11 is 0. The molecule has 0 spiro atoms. The largest absolute Gasteiger partial charge is 0.493 e. The first-order chi connectivity index (χ1) is 11.3. The Hall–Kier alpha value is -2.05. The highest BCUT2D eigenvalue weighted by Gasteiger charge is 2.35. The molecule has 0 radical (unpaired) electrons. The highest BCUT2D eigenvalue weighted by molar-refractivity contribution is 5.74. The smallest absolute Gasteiger partial charge is 0.315 e. The Balaban J connectivity index is 1.90. The Labute approximate surface area is 140 Å². The minimum Gasteiger partial charge on any atom is -0.493 e. The molecule has 0 bridgehead atoms. The molecule has 7 heteroatoms. The molecule has 1 atom stereocenters. The Morgan fingerprint density at radius 2 is 1.83 bits per heavy atom. The Bertz CT molecular complexity index is 571. The lowest BCUT2D eigenvalue weighted by Gasteiger charge is -2.29. The summed E-state index contributed by atoms with van der Waals surface area (Å²) < 4.78 is 36.7. The van der Waals surface area contributed by atoms with E-state index in [0.717, 1.165) is 5.56 Å². The van der Waals surface area contributed by atoms with Crippen molar-refractivity contribution in [3.05, 3.63) is 23.8 Å². The molecule has 24 heavy (non-hydrogen) atoms. The van der Waals surface area contributed by atoms with E-state index >= 15 is 0 Å². The van der Waals surface area contributed by atoms with Crippen LogP contribution in [0.25, 0.3) is 0 Å². The molecule has 1 aromatic carbocycles. The molecule has 0 aliphatic heterocycles. The van der Waals surface area contributed by atoms with Gasteiger partial charge in [-0.2, -0.15) is 0 Å². The van der Waals surface area contributed by atoms with Gasteiger partial charge in [0, 0.05) is 18.9 Å². The van der Waals surface area contributed by atoms with Gasteiger partial charge in [-0.25, -0.2) is 13.6 Å². The number of hydrogen-bond acceptors (Lipinski definition) is 3. The van der Waals surface area contributed by atoms with Crippen LogP contribution in [0.15, 0.2) is 18.2 Å². The van der Waals surface area contributed by atoms with Crippen LogP contribution in [0.2, 0.25) is 0 Å². The number of methoxy groups -OCH3 is 2. The van der Waals surface area contributed by atoms with Crippen LogP contribution < -0.4 is 20.1 Å². The van der Waals surface area contributed by atoms with E-state index in [1.54, 1.807) is 26.4 Å². The fourth-order valence-electron chi connectivity index (χ4n) is 2.81. The average Bonchev–Trinajstić information content (AvgIpc) is 2.56. The SMILES string of the molecule is COc1ccc([C@@H](C)NC(=O)NC2CCC(F)(F)CC2)cc1OC. The Morgan fingerprint density at radius 3 is 2.42 bits per heavy atom. The van der Waals surface area contributed by atoms with Crippen molar-refractivity contribution in [2.24, 2.45) is 0 Å². The molecule has 2 rings (SSSR count). The molecule has 0 aromatic heterocycles. The van der Waals surface area contributed by atoms with Crippen molar-refractivity contribution < 1.29 is 23.0 Å². The predicted octanol–water partition coefficient (Wildman–Crippen LogP) is 3.64. The van der Waals surface area contributed by atoms with Gasteiger partial charge in [-0.05, 0) is 37.5 Å². The predicted molar refractivity (Wildman–Crippen MR) is 86.8 cm³/mol. The van der Waals surface area contributed by atoms with Gasteiger partial charge in [-0.15, -0.1) is 0 Å². The van der Waals surface area contributed by atoms with Crippen molar-refractivity contribution in [1.29, 1.82) is 0 Å². The van der Waals surface area contributed by atoms with Gasteiger partial charge in [0.2, 0.25) is 5.92 Å². The summed E-state index contributed by atoms with van der Waals surface area (Å²) in [6.45, 7) is 1.84. The van der Waals surface area contributed by atoms with E-state index in [2.05, 4.69) is 10.6 Å². The number of hydrogen-bond donors (Lipinski definition) is 2. The van der Waals surface area contributed by atoms with Crippen molar-refractivity contribution in [3.63, 3.8) is 0 Å². The maximum absolute atomic E-state index is 13.1. The monoisotopic (exact) mass is 342 g/mol. The van der Waals surface area contributed by atoms with Gasteiger partial charge in [0.05, 0.1) is 20.3 Å². The zero-order chi connectivity index (χ0) is 17.7. The fraction of sp³-hybridized carbons (Fsp3) is 0.588. The number of alkyl halides is 2. The van der Waals surface area contributed by atoms with Crippen LogP contribution in [0.4, 0.5) is 13.6 Å². The topological polar surface area (TPSA) is 59.6 Å². The molecule has 1 saturated carbocycles. The second-order valence-corrected chi connectivity index (χ2v) is 6.08. The second-order valence-electron chi connectivity index (χ2n) is 6.08. The number of urea groups is 1. The summed E-state index contributed by atoms with van der Waals surface area (Å²) in [6.07, 6.45) is 0.239. The molecule has 1 aliphatic carbocycles. The molecule has 0 heterocycles. The van der Waals surface area contributed by atoms with Crippen LogP contribution in [0.3, 0.4) is 0 Å². The molecule has 0 saturated heterocycles. The molecule has 134 valence electrons. The van der Waals surface area contributed by atoms with Crippen LogP contribution in [0.1, 0.15) is 44.2 Å². The number of benzene rings is 1. The van der Waals surface area contributed by atoms with E-state index in [4.69, 9.17) is 9.47 Å². The highest BCUT2D eigenvalue weighted by Crippen LogP contribution is 2.33. The van der Waals surface area contributed by atoms with E-state index in [1.165, 1.54) is 0 Å². The second kappa shape index (κ2) is 7.68. The van der Waals surface area contributed by atoms with Gasteiger partial charge in [-0.1, -0.05) is 6.07 Å². The molecular formula is C17H24F2N2O3. The van der Waals surface area contributed by atoms with E-state index in [-0.39, 0.29) is 31.0 Å². The summed E-state index contributed by atoms with van der Waals surface area (Å²) in [6, 6.07) is 4.59. The summed E-state index contributed by atoms with van der Waals surface area (Å²) in [4.78, 5) is 12.1. The first-order valence-electron chi connectivity index (χ1n) is 8.01. The van der Waals surface area contributed by atoms with Crippen LogP contribution in [0.5, 0.6) is 11.5 Å². The van der Waals surface area contributed by atoms with Crippen LogP contribution >= 0.6 is 0 Å². The van der Waals surface area contributed by atoms with Crippen LogP contribution in [-0.2, 0) is 0 Å². The minimum atomic E-state index is -2.60. The van der Waals surface area contributed by atoms with Crippen molar-refractivity contribution in [1.82, 2.24) is 10.6 Å². The lowest BCUT2D eigenvalue weighted by molar-refractivity contribution is -0.0395. The first kappa shape index (κ1) is 18.3. The number of halogens is 2. The Morgan fingerprint density at radius 1 is 1.21 bits per heavy atom. The zero-order valence-electron chi connectivity index (χ0n) is 14.2. The third-order valence-corrected chi connectivity index (χ3v) is 4.31. The third kappa shape index (κ3) is 4.72. The fourth-order valence-corrected chi connectivity index (χ4v) is 2.81. The van der Waals surface area contributed by atoms with E-state index in [0.29, 0.717) is 24.3 Å². The summed E-state index contributed by atoms with van der Waals surface area (Å²) in [7, 11) is 3.10. The van der Waals surface area contributed by atoms with Crippen molar-refractivity contribution in [3.8, 4) is 11.5 Å². The zero-order valence-corrected chi connectivity index (χ0v) is 14.2. The minimum absolute atomic E-state index is 0.177. The van der Waals surface area contributed by atoms with E-state index in [9.17, 15) is 13.6 Å². The standard InChI is InChI=1S/C17H24F2N2O3/c1-11(12-4-5-14(23-2)15(10-12)24-3)20-16(22)21-13-6-8-17(18,19)9-7-13/h4-5,10-11,13H,6-9H2,1-3H3,(H2,20,21,22)/t11-/m1/s1. The van der Waals surface area contributed by atoms with Gasteiger partial charge in [0.1, 0.15) is 0 Å². The molecular weight excluding hydrogens is 318 g/mol. The number of carbonyl (C=O) groups is 1. The summed E-state index contributed by atoms with van der Waals surface area (Å²) in [5, 5.41) is 5.59. The number of ether oxygens (including phenoxy) is 2. The normalized spacial score (nSPS) is 18.5. The molecule has 5 nitrogen and oxygen atoms in total. The van der Waals surface area contributed by atoms with Gasteiger partial charge >= 0.3 is 6.03 Å². The number of nitrogens with one attached hydrogen (secondary N) is 2. The Kier molecular flexibility index (Phi) is 5.85. The molecule has 0 unspecified atom stereocenters. The number of amides is 2. The van der Waals surface area contributed by atoms with Crippen molar-refractivity contribution >= 4 is 6.03 Å². The lowest BCUT2D eigenvalue weighted by Crippen LogP contribution is -2.45. The molecule has 1 fully saturated rings. The van der Waals surface area contributed by atoms with E-state index < -0.39 is 5.92 Å². The quantitative estimate of drug-likeness (QED) is 0.859. The van der Waals surface area contributed by atoms with Gasteiger partial charge in [0.25, 0.3) is 0 Å². The average molecular weight is 342 g/mol. The van der Waals surface area contributed by atoms with Crippen LogP contribution in [-0.4, -0.2) is 32.2 Å². The highest BCUT2D eigenvalue weighted by atomic mass is 19.3. The molecule has 1 aromatic rings. The van der Waals surface area contributed by atoms with Crippen LogP contribution in [0, 0.1) is 0 Å². The summed E-state index contributed by atoms with van der Waals surface area (Å²) in [5.74, 6) is -1.40. The number of carbonyl (C=O) groups excluding carboxylic acids is 1. The van der Waals surface area contributed by atoms with Crippen molar-refractivity contribution in [2.45, 2.75) is 50.6 Å².